The molecular weight excluding hydrogens is 396 g/mol. The number of H-pyrrole nitrogens is 1. The molecule has 7 heteroatoms. The summed E-state index contributed by atoms with van der Waals surface area (Å²) in [6.45, 7) is 2.14. The average Bonchev–Trinajstić information content (AvgIpc) is 3.45. The Morgan fingerprint density at radius 1 is 1.06 bits per heavy atom. The molecule has 0 radical (unpaired) electrons. The van der Waals surface area contributed by atoms with Gasteiger partial charge in [0.25, 0.3) is 0 Å². The van der Waals surface area contributed by atoms with Crippen molar-refractivity contribution in [1.82, 2.24) is 10.1 Å². The Morgan fingerprint density at radius 3 is 2.52 bits per heavy atom. The number of carbonyl (C=O) groups is 2. The molecule has 0 bridgehead atoms. The summed E-state index contributed by atoms with van der Waals surface area (Å²) in [6, 6.07) is 18.6. The van der Waals surface area contributed by atoms with Crippen molar-refractivity contribution in [3.63, 3.8) is 0 Å². The molecule has 156 valence electrons. The van der Waals surface area contributed by atoms with E-state index >= 15 is 0 Å². The summed E-state index contributed by atoms with van der Waals surface area (Å²) in [6.07, 6.45) is 1.46. The zero-order valence-electron chi connectivity index (χ0n) is 17.0. The maximum absolute atomic E-state index is 13.1. The summed E-state index contributed by atoms with van der Waals surface area (Å²) >= 11 is 0. The number of nitrogens with one attached hydrogen (secondary N) is 1. The molecule has 1 N–H and O–H groups in total. The number of benzene rings is 2. The standard InChI is InChI=1S/C24H20N2O5/c1-15-21(23(27)18-12-20(25-13-18)24(28)29-2)22(26-31-15)17-8-10-19(11-9-17)30-14-16-6-4-3-5-7-16/h3-13,25H,14H2,1-2H3. The molecule has 0 unspecified atom stereocenters. The van der Waals surface area contributed by atoms with Crippen LogP contribution in [0, 0.1) is 6.92 Å². The SMILES string of the molecule is COC(=O)c1cc(C(=O)c2c(-c3ccc(OCc4ccccc4)cc3)noc2C)c[nH]1. The largest absolute Gasteiger partial charge is 0.489 e. The van der Waals surface area contributed by atoms with E-state index in [0.717, 1.165) is 11.1 Å². The zero-order valence-corrected chi connectivity index (χ0v) is 17.0. The Labute approximate surface area is 178 Å². The number of ketones is 1. The monoisotopic (exact) mass is 416 g/mol. The highest BCUT2D eigenvalue weighted by Crippen LogP contribution is 2.29. The van der Waals surface area contributed by atoms with Crippen LogP contribution in [0.4, 0.5) is 0 Å². The average molecular weight is 416 g/mol. The molecule has 2 aromatic heterocycles. The lowest BCUT2D eigenvalue weighted by Crippen LogP contribution is -2.03. The van der Waals surface area contributed by atoms with Crippen LogP contribution in [0.15, 0.2) is 71.4 Å². The number of methoxy groups -OCH3 is 1. The van der Waals surface area contributed by atoms with Crippen molar-refractivity contribution >= 4 is 11.8 Å². The lowest BCUT2D eigenvalue weighted by atomic mass is 9.99. The highest BCUT2D eigenvalue weighted by Gasteiger charge is 2.24. The summed E-state index contributed by atoms with van der Waals surface area (Å²) in [5.41, 5.74) is 3.07. The molecule has 7 nitrogen and oxygen atoms in total. The quantitative estimate of drug-likeness (QED) is 0.350. The minimum Gasteiger partial charge on any atom is -0.489 e. The van der Waals surface area contributed by atoms with Gasteiger partial charge in [-0.25, -0.2) is 4.79 Å². The van der Waals surface area contributed by atoms with Crippen LogP contribution in [-0.2, 0) is 11.3 Å². The summed E-state index contributed by atoms with van der Waals surface area (Å²) in [4.78, 5) is 27.5. The van der Waals surface area contributed by atoms with Gasteiger partial charge < -0.3 is 19.0 Å². The van der Waals surface area contributed by atoms with E-state index in [4.69, 9.17) is 9.26 Å². The highest BCUT2D eigenvalue weighted by molar-refractivity contribution is 6.13. The smallest absolute Gasteiger partial charge is 0.354 e. The normalized spacial score (nSPS) is 10.6. The van der Waals surface area contributed by atoms with Crippen molar-refractivity contribution in [3.05, 3.63) is 95.0 Å². The molecule has 2 heterocycles. The lowest BCUT2D eigenvalue weighted by molar-refractivity contribution is 0.0595. The van der Waals surface area contributed by atoms with Crippen molar-refractivity contribution < 1.29 is 23.6 Å². The number of nitrogens with zero attached hydrogens (tertiary/aromatic N) is 1. The highest BCUT2D eigenvalue weighted by atomic mass is 16.5. The van der Waals surface area contributed by atoms with Crippen LogP contribution in [0.2, 0.25) is 0 Å². The topological polar surface area (TPSA) is 94.4 Å². The van der Waals surface area contributed by atoms with Crippen LogP contribution in [0.1, 0.15) is 37.7 Å². The molecule has 0 spiro atoms. The Morgan fingerprint density at radius 2 is 1.81 bits per heavy atom. The molecule has 4 aromatic rings. The van der Waals surface area contributed by atoms with Gasteiger partial charge >= 0.3 is 5.97 Å². The second-order valence-corrected chi connectivity index (χ2v) is 6.88. The Hall–Kier alpha value is -4.13. The van der Waals surface area contributed by atoms with Crippen LogP contribution in [-0.4, -0.2) is 29.0 Å². The van der Waals surface area contributed by atoms with E-state index in [2.05, 4.69) is 14.9 Å². The van der Waals surface area contributed by atoms with E-state index in [1.165, 1.54) is 19.4 Å². The Bertz CT molecular complexity index is 1210. The van der Waals surface area contributed by atoms with Crippen LogP contribution in [0.5, 0.6) is 5.75 Å². The molecule has 0 aliphatic carbocycles. The molecule has 0 aliphatic rings. The van der Waals surface area contributed by atoms with E-state index < -0.39 is 5.97 Å². The van der Waals surface area contributed by atoms with Gasteiger partial charge in [0, 0.05) is 17.3 Å². The van der Waals surface area contributed by atoms with Gasteiger partial charge in [0.05, 0.1) is 12.7 Å². The van der Waals surface area contributed by atoms with E-state index in [0.29, 0.717) is 34.9 Å². The van der Waals surface area contributed by atoms with E-state index in [-0.39, 0.29) is 11.5 Å². The number of carbonyl (C=O) groups excluding carboxylic acids is 2. The van der Waals surface area contributed by atoms with Crippen molar-refractivity contribution in [1.29, 1.82) is 0 Å². The number of aromatic nitrogens is 2. The fraction of sp³-hybridized carbons (Fsp3) is 0.125. The first-order chi connectivity index (χ1) is 15.1. The molecule has 0 saturated heterocycles. The minimum atomic E-state index is -0.549. The van der Waals surface area contributed by atoms with Gasteiger partial charge in [-0.3, -0.25) is 4.79 Å². The van der Waals surface area contributed by atoms with E-state index in [1.54, 1.807) is 6.92 Å². The molecule has 31 heavy (non-hydrogen) atoms. The Kier molecular flexibility index (Phi) is 5.66. The molecule has 0 saturated carbocycles. The van der Waals surface area contributed by atoms with Gasteiger partial charge in [-0.1, -0.05) is 35.5 Å². The maximum Gasteiger partial charge on any atom is 0.354 e. The minimum absolute atomic E-state index is 0.196. The van der Waals surface area contributed by atoms with Gasteiger partial charge in [-0.05, 0) is 42.8 Å². The summed E-state index contributed by atoms with van der Waals surface area (Å²) in [5.74, 6) is 0.247. The predicted octanol–water partition coefficient (Wildman–Crippen LogP) is 4.57. The van der Waals surface area contributed by atoms with Crippen molar-refractivity contribution in [2.75, 3.05) is 7.11 Å². The fourth-order valence-corrected chi connectivity index (χ4v) is 3.18. The maximum atomic E-state index is 13.1. The molecule has 0 amide bonds. The number of rotatable bonds is 7. The van der Waals surface area contributed by atoms with Crippen LogP contribution in [0.3, 0.4) is 0 Å². The number of esters is 1. The van der Waals surface area contributed by atoms with Gasteiger partial charge in [-0.15, -0.1) is 0 Å². The van der Waals surface area contributed by atoms with Gasteiger partial charge in [0.15, 0.2) is 5.78 Å². The molecule has 0 atom stereocenters. The first-order valence-corrected chi connectivity index (χ1v) is 9.61. The van der Waals surface area contributed by atoms with Crippen molar-refractivity contribution in [2.24, 2.45) is 0 Å². The number of aryl methyl sites for hydroxylation is 1. The third kappa shape index (κ3) is 4.25. The fourth-order valence-electron chi connectivity index (χ4n) is 3.18. The number of aromatic amines is 1. The van der Waals surface area contributed by atoms with Crippen LogP contribution in [0.25, 0.3) is 11.3 Å². The lowest BCUT2D eigenvalue weighted by Gasteiger charge is -2.07. The van der Waals surface area contributed by atoms with Crippen molar-refractivity contribution in [2.45, 2.75) is 13.5 Å². The molecule has 2 aromatic carbocycles. The zero-order chi connectivity index (χ0) is 21.8. The Balaban J connectivity index is 1.55. The summed E-state index contributed by atoms with van der Waals surface area (Å²) < 4.78 is 15.8. The second kappa shape index (κ2) is 8.71. The molecule has 0 fully saturated rings. The summed E-state index contributed by atoms with van der Waals surface area (Å²) in [5, 5.41) is 4.08. The van der Waals surface area contributed by atoms with Crippen molar-refractivity contribution in [3.8, 4) is 17.0 Å². The molecule has 4 rings (SSSR count). The number of hydrogen-bond donors (Lipinski definition) is 1. The van der Waals surface area contributed by atoms with E-state index in [1.807, 2.05) is 54.6 Å². The third-order valence-corrected chi connectivity index (χ3v) is 4.82. The van der Waals surface area contributed by atoms with Gasteiger partial charge in [-0.2, -0.15) is 0 Å². The first kappa shape index (κ1) is 20.2. The van der Waals surface area contributed by atoms with Gasteiger partial charge in [0.2, 0.25) is 0 Å². The molecular formula is C24H20N2O5. The third-order valence-electron chi connectivity index (χ3n) is 4.82. The summed E-state index contributed by atoms with van der Waals surface area (Å²) in [7, 11) is 1.28. The van der Waals surface area contributed by atoms with Crippen LogP contribution >= 0.6 is 0 Å². The molecule has 0 aliphatic heterocycles. The van der Waals surface area contributed by atoms with Crippen LogP contribution < -0.4 is 4.74 Å². The first-order valence-electron chi connectivity index (χ1n) is 9.61. The van der Waals surface area contributed by atoms with E-state index in [9.17, 15) is 9.59 Å². The number of ether oxygens (including phenoxy) is 2. The predicted molar refractivity (Wildman–Crippen MR) is 113 cm³/mol. The second-order valence-electron chi connectivity index (χ2n) is 6.88. The van der Waals surface area contributed by atoms with Gasteiger partial charge in [0.1, 0.15) is 29.5 Å². The number of hydrogen-bond acceptors (Lipinski definition) is 6.